The molecular weight excluding hydrogens is 340 g/mol. The van der Waals surface area contributed by atoms with E-state index in [9.17, 15) is 20.4 Å². The van der Waals surface area contributed by atoms with Gasteiger partial charge in [0.2, 0.25) is 6.29 Å². The summed E-state index contributed by atoms with van der Waals surface area (Å²) in [5.74, 6) is 0.465. The van der Waals surface area contributed by atoms with Crippen LogP contribution in [0, 0.1) is 0 Å². The summed E-state index contributed by atoms with van der Waals surface area (Å²) in [7, 11) is 4.03. The van der Waals surface area contributed by atoms with Crippen molar-refractivity contribution >= 4 is 10.9 Å². The second kappa shape index (κ2) is 7.91. The van der Waals surface area contributed by atoms with E-state index in [0.717, 1.165) is 29.4 Å². The van der Waals surface area contributed by atoms with Crippen molar-refractivity contribution in [2.75, 3.05) is 27.2 Å². The van der Waals surface area contributed by atoms with Crippen molar-refractivity contribution in [3.63, 3.8) is 0 Å². The van der Waals surface area contributed by atoms with Crippen molar-refractivity contribution in [3.8, 4) is 5.75 Å². The molecule has 26 heavy (non-hydrogen) atoms. The number of likely N-dealkylation sites (N-methyl/N-ethyl adjacent to an activating group) is 1. The maximum Gasteiger partial charge on any atom is 0.229 e. The standard InChI is InChI=1S/C18H26N2O6/c1-20(2)6-5-10-8-19-13-4-3-11(7-12(10)13)25-18-17(24)16(23)15(22)14(9-21)26-18/h3-4,7-8,14-19,21-24H,5-6,9H2,1-2H3/t14-,15-,16+,17-,18+/m1/s1. The minimum atomic E-state index is -1.46. The topological polar surface area (TPSA) is 118 Å². The summed E-state index contributed by atoms with van der Waals surface area (Å²) in [4.78, 5) is 5.32. The maximum atomic E-state index is 10.1. The Hall–Kier alpha value is -1.68. The Balaban J connectivity index is 1.78. The van der Waals surface area contributed by atoms with Gasteiger partial charge in [0.1, 0.15) is 30.2 Å². The molecule has 1 aliphatic rings. The van der Waals surface area contributed by atoms with Crippen LogP contribution in [0.5, 0.6) is 5.75 Å². The van der Waals surface area contributed by atoms with Gasteiger partial charge >= 0.3 is 0 Å². The zero-order valence-electron chi connectivity index (χ0n) is 14.9. The SMILES string of the molecule is CN(C)CCc1c[nH]c2ccc(O[C@H]3O[C@H](CO)[C@@H](O)[C@H](O)[C@H]3O)cc12. The molecule has 8 heteroatoms. The summed E-state index contributed by atoms with van der Waals surface area (Å²) in [6.45, 7) is 0.418. The van der Waals surface area contributed by atoms with E-state index in [1.807, 2.05) is 32.4 Å². The van der Waals surface area contributed by atoms with Crippen LogP contribution >= 0.6 is 0 Å². The third-order valence-corrected chi connectivity index (χ3v) is 4.67. The Kier molecular flexibility index (Phi) is 5.81. The lowest BCUT2D eigenvalue weighted by atomic mass is 9.99. The average Bonchev–Trinajstić information content (AvgIpc) is 3.02. The molecule has 1 saturated heterocycles. The molecule has 0 bridgehead atoms. The Morgan fingerprint density at radius 3 is 2.62 bits per heavy atom. The first-order valence-electron chi connectivity index (χ1n) is 8.62. The van der Waals surface area contributed by atoms with Gasteiger partial charge in [0.15, 0.2) is 0 Å². The number of aliphatic hydroxyl groups excluding tert-OH is 4. The molecule has 0 radical (unpaired) electrons. The van der Waals surface area contributed by atoms with Crippen LogP contribution in [0.25, 0.3) is 10.9 Å². The molecule has 3 rings (SSSR count). The largest absolute Gasteiger partial charge is 0.462 e. The van der Waals surface area contributed by atoms with E-state index in [1.54, 1.807) is 6.07 Å². The van der Waals surface area contributed by atoms with Crippen LogP contribution in [0.1, 0.15) is 5.56 Å². The Bertz CT molecular complexity index is 732. The number of ether oxygens (including phenoxy) is 2. The molecule has 1 fully saturated rings. The first-order valence-corrected chi connectivity index (χ1v) is 8.62. The third kappa shape index (κ3) is 3.85. The van der Waals surface area contributed by atoms with Gasteiger partial charge in [0.05, 0.1) is 6.61 Å². The zero-order valence-corrected chi connectivity index (χ0v) is 14.9. The van der Waals surface area contributed by atoms with Gasteiger partial charge in [-0.1, -0.05) is 0 Å². The van der Waals surface area contributed by atoms with Gasteiger partial charge in [-0.2, -0.15) is 0 Å². The van der Waals surface area contributed by atoms with Crippen LogP contribution in [-0.2, 0) is 11.2 Å². The fourth-order valence-electron chi connectivity index (χ4n) is 3.08. The van der Waals surface area contributed by atoms with Gasteiger partial charge in [-0.3, -0.25) is 0 Å². The monoisotopic (exact) mass is 366 g/mol. The highest BCUT2D eigenvalue weighted by molar-refractivity contribution is 5.84. The van der Waals surface area contributed by atoms with E-state index in [1.165, 1.54) is 0 Å². The summed E-state index contributed by atoms with van der Waals surface area (Å²) in [6, 6.07) is 5.45. The molecule has 2 heterocycles. The van der Waals surface area contributed by atoms with Gasteiger partial charge in [-0.25, -0.2) is 0 Å². The second-order valence-corrected chi connectivity index (χ2v) is 6.89. The summed E-state index contributed by atoms with van der Waals surface area (Å²) in [5.41, 5.74) is 2.12. The molecule has 1 aromatic carbocycles. The van der Waals surface area contributed by atoms with Crippen molar-refractivity contribution in [1.29, 1.82) is 0 Å². The molecule has 2 aromatic rings. The number of aromatic nitrogens is 1. The third-order valence-electron chi connectivity index (χ3n) is 4.67. The number of hydrogen-bond donors (Lipinski definition) is 5. The van der Waals surface area contributed by atoms with Crippen LogP contribution in [0.4, 0.5) is 0 Å². The lowest BCUT2D eigenvalue weighted by molar-refractivity contribution is -0.277. The fraction of sp³-hybridized carbons (Fsp3) is 0.556. The molecule has 144 valence electrons. The predicted octanol–water partition coefficient (Wildman–Crippen LogP) is -0.549. The van der Waals surface area contributed by atoms with Crippen molar-refractivity contribution in [2.45, 2.75) is 37.1 Å². The average molecular weight is 366 g/mol. The Morgan fingerprint density at radius 2 is 1.92 bits per heavy atom. The molecule has 5 N–H and O–H groups in total. The normalized spacial score (nSPS) is 29.4. The van der Waals surface area contributed by atoms with Crippen LogP contribution in [-0.4, -0.2) is 88.3 Å². The molecule has 8 nitrogen and oxygen atoms in total. The summed E-state index contributed by atoms with van der Waals surface area (Å²) in [5, 5.41) is 40.1. The van der Waals surface area contributed by atoms with Gasteiger partial charge < -0.3 is 39.8 Å². The number of aliphatic hydroxyl groups is 4. The van der Waals surface area contributed by atoms with Crippen LogP contribution in [0.15, 0.2) is 24.4 Å². The highest BCUT2D eigenvalue weighted by Crippen LogP contribution is 2.28. The number of H-pyrrole nitrogens is 1. The maximum absolute atomic E-state index is 10.1. The van der Waals surface area contributed by atoms with E-state index in [2.05, 4.69) is 9.88 Å². The van der Waals surface area contributed by atoms with Crippen LogP contribution in [0.2, 0.25) is 0 Å². The number of rotatable bonds is 6. The van der Waals surface area contributed by atoms with E-state index in [4.69, 9.17) is 9.47 Å². The predicted molar refractivity (Wildman–Crippen MR) is 95.0 cm³/mol. The van der Waals surface area contributed by atoms with Crippen molar-refractivity contribution in [3.05, 3.63) is 30.0 Å². The quantitative estimate of drug-likeness (QED) is 0.465. The molecule has 1 aromatic heterocycles. The summed E-state index contributed by atoms with van der Waals surface area (Å²) in [6.07, 6.45) is -3.64. The fourth-order valence-corrected chi connectivity index (χ4v) is 3.08. The first kappa shape index (κ1) is 19.1. The minimum absolute atomic E-state index is 0.465. The number of hydrogen-bond acceptors (Lipinski definition) is 7. The number of nitrogens with zero attached hydrogens (tertiary/aromatic N) is 1. The summed E-state index contributed by atoms with van der Waals surface area (Å²) >= 11 is 0. The highest BCUT2D eigenvalue weighted by Gasteiger charge is 2.44. The molecule has 1 aliphatic heterocycles. The van der Waals surface area contributed by atoms with Crippen molar-refractivity contribution < 1.29 is 29.9 Å². The lowest BCUT2D eigenvalue weighted by Gasteiger charge is -2.39. The Morgan fingerprint density at radius 1 is 1.15 bits per heavy atom. The number of aromatic amines is 1. The number of benzene rings is 1. The Labute approximate surface area is 151 Å². The minimum Gasteiger partial charge on any atom is -0.462 e. The highest BCUT2D eigenvalue weighted by atomic mass is 16.7. The second-order valence-electron chi connectivity index (χ2n) is 6.89. The molecule has 0 amide bonds. The first-order chi connectivity index (χ1) is 12.4. The van der Waals surface area contributed by atoms with Gasteiger partial charge in [-0.05, 0) is 44.3 Å². The van der Waals surface area contributed by atoms with E-state index in [-0.39, 0.29) is 0 Å². The lowest BCUT2D eigenvalue weighted by Crippen LogP contribution is -2.60. The van der Waals surface area contributed by atoms with Gasteiger partial charge in [0, 0.05) is 23.6 Å². The van der Waals surface area contributed by atoms with Crippen molar-refractivity contribution in [1.82, 2.24) is 9.88 Å². The van der Waals surface area contributed by atoms with Gasteiger partial charge in [0.25, 0.3) is 0 Å². The molecule has 0 saturated carbocycles. The van der Waals surface area contributed by atoms with E-state index < -0.39 is 37.3 Å². The van der Waals surface area contributed by atoms with Crippen LogP contribution < -0.4 is 4.74 Å². The van der Waals surface area contributed by atoms with Crippen LogP contribution in [0.3, 0.4) is 0 Å². The zero-order chi connectivity index (χ0) is 18.8. The van der Waals surface area contributed by atoms with Crippen molar-refractivity contribution in [2.24, 2.45) is 0 Å². The molecular formula is C18H26N2O6. The van der Waals surface area contributed by atoms with E-state index in [0.29, 0.717) is 5.75 Å². The molecule has 0 spiro atoms. The number of nitrogens with one attached hydrogen (secondary N) is 1. The smallest absolute Gasteiger partial charge is 0.229 e. The van der Waals surface area contributed by atoms with E-state index >= 15 is 0 Å². The molecule has 0 aliphatic carbocycles. The molecule has 5 atom stereocenters. The number of fused-ring (bicyclic) bond motifs is 1. The summed E-state index contributed by atoms with van der Waals surface area (Å²) < 4.78 is 11.1. The molecule has 0 unspecified atom stereocenters. The van der Waals surface area contributed by atoms with Gasteiger partial charge in [-0.15, -0.1) is 0 Å².